The van der Waals surface area contributed by atoms with Crippen molar-refractivity contribution in [3.63, 3.8) is 0 Å². The Morgan fingerprint density at radius 3 is 2.67 bits per heavy atom. The second-order valence-corrected chi connectivity index (χ2v) is 6.89. The first-order chi connectivity index (χ1) is 11.6. The average Bonchev–Trinajstić information content (AvgIpc) is 2.96. The second kappa shape index (κ2) is 7.47. The Bertz CT molecular complexity index is 867. The Balaban J connectivity index is 1.78. The van der Waals surface area contributed by atoms with Crippen molar-refractivity contribution in [3.05, 3.63) is 58.1 Å². The molecule has 7 heteroatoms. The molecule has 0 aliphatic carbocycles. The van der Waals surface area contributed by atoms with Crippen LogP contribution in [0.25, 0.3) is 11.4 Å². The van der Waals surface area contributed by atoms with Gasteiger partial charge in [-0.3, -0.25) is 0 Å². The van der Waals surface area contributed by atoms with Crippen molar-refractivity contribution in [2.24, 2.45) is 7.05 Å². The highest BCUT2D eigenvalue weighted by Crippen LogP contribution is 2.30. The van der Waals surface area contributed by atoms with E-state index in [1.807, 2.05) is 35.9 Å². The van der Waals surface area contributed by atoms with E-state index in [0.717, 1.165) is 28.0 Å². The molecule has 0 amide bonds. The Kier molecular flexibility index (Phi) is 5.33. The SMILES string of the molecule is COc1cccc(CSc2nnc(-c3ccc(Cl)c(Cl)c3)n2C)c1. The Labute approximate surface area is 154 Å². The number of hydrogen-bond acceptors (Lipinski definition) is 4. The van der Waals surface area contributed by atoms with Crippen molar-refractivity contribution in [2.75, 3.05) is 7.11 Å². The number of halogens is 2. The Hall–Kier alpha value is -1.69. The van der Waals surface area contributed by atoms with E-state index in [-0.39, 0.29) is 0 Å². The lowest BCUT2D eigenvalue weighted by Crippen LogP contribution is -1.95. The molecular weight excluding hydrogens is 365 g/mol. The highest BCUT2D eigenvalue weighted by Gasteiger charge is 2.12. The molecular formula is C17H15Cl2N3OS. The van der Waals surface area contributed by atoms with E-state index in [1.54, 1.807) is 31.0 Å². The minimum absolute atomic E-state index is 0.503. The monoisotopic (exact) mass is 379 g/mol. The highest BCUT2D eigenvalue weighted by atomic mass is 35.5. The molecule has 0 fully saturated rings. The van der Waals surface area contributed by atoms with Gasteiger partial charge in [0.2, 0.25) is 0 Å². The summed E-state index contributed by atoms with van der Waals surface area (Å²) in [7, 11) is 3.60. The third-order valence-corrected chi connectivity index (χ3v) is 5.35. The van der Waals surface area contributed by atoms with E-state index in [0.29, 0.717) is 10.0 Å². The van der Waals surface area contributed by atoms with Crippen molar-refractivity contribution < 1.29 is 4.74 Å². The summed E-state index contributed by atoms with van der Waals surface area (Å²) in [6.45, 7) is 0. The summed E-state index contributed by atoms with van der Waals surface area (Å²) in [5.74, 6) is 2.38. The van der Waals surface area contributed by atoms with Gasteiger partial charge in [0.1, 0.15) is 5.75 Å². The minimum Gasteiger partial charge on any atom is -0.497 e. The molecule has 0 aliphatic rings. The molecule has 1 heterocycles. The zero-order valence-corrected chi connectivity index (χ0v) is 15.5. The molecule has 0 spiro atoms. The maximum Gasteiger partial charge on any atom is 0.191 e. The quantitative estimate of drug-likeness (QED) is 0.578. The summed E-state index contributed by atoms with van der Waals surface area (Å²) >= 11 is 13.7. The largest absolute Gasteiger partial charge is 0.497 e. The molecule has 3 aromatic rings. The number of aromatic nitrogens is 3. The summed E-state index contributed by atoms with van der Waals surface area (Å²) in [6.07, 6.45) is 0. The summed E-state index contributed by atoms with van der Waals surface area (Å²) in [5.41, 5.74) is 2.05. The normalized spacial score (nSPS) is 10.8. The van der Waals surface area contributed by atoms with Gasteiger partial charge in [-0.1, -0.05) is 47.1 Å². The van der Waals surface area contributed by atoms with Gasteiger partial charge in [-0.2, -0.15) is 0 Å². The summed E-state index contributed by atoms with van der Waals surface area (Å²) in [5, 5.41) is 10.4. The Morgan fingerprint density at radius 2 is 1.92 bits per heavy atom. The van der Waals surface area contributed by atoms with E-state index < -0.39 is 0 Å². The molecule has 4 nitrogen and oxygen atoms in total. The van der Waals surface area contributed by atoms with Crippen LogP contribution in [0.1, 0.15) is 5.56 Å². The lowest BCUT2D eigenvalue weighted by atomic mass is 10.2. The number of rotatable bonds is 5. The third kappa shape index (κ3) is 3.69. The van der Waals surface area contributed by atoms with Crippen LogP contribution < -0.4 is 4.74 Å². The van der Waals surface area contributed by atoms with Gasteiger partial charge < -0.3 is 9.30 Å². The minimum atomic E-state index is 0.503. The Morgan fingerprint density at radius 1 is 1.08 bits per heavy atom. The van der Waals surface area contributed by atoms with Gasteiger partial charge in [0, 0.05) is 18.4 Å². The number of ether oxygens (including phenoxy) is 1. The zero-order chi connectivity index (χ0) is 17.1. The predicted octanol–water partition coefficient (Wildman–Crippen LogP) is 5.09. The van der Waals surface area contributed by atoms with E-state index in [4.69, 9.17) is 27.9 Å². The predicted molar refractivity (Wildman–Crippen MR) is 99.0 cm³/mol. The maximum absolute atomic E-state index is 6.09. The van der Waals surface area contributed by atoms with Crippen LogP contribution in [0.4, 0.5) is 0 Å². The van der Waals surface area contributed by atoms with Crippen LogP contribution in [0.15, 0.2) is 47.6 Å². The van der Waals surface area contributed by atoms with Crippen LogP contribution in [-0.4, -0.2) is 21.9 Å². The number of hydrogen-bond donors (Lipinski definition) is 0. The lowest BCUT2D eigenvalue weighted by Gasteiger charge is -2.06. The number of nitrogens with zero attached hydrogens (tertiary/aromatic N) is 3. The molecule has 0 bridgehead atoms. The fourth-order valence-corrected chi connectivity index (χ4v) is 3.39. The molecule has 0 saturated carbocycles. The van der Waals surface area contributed by atoms with Crippen LogP contribution >= 0.6 is 35.0 Å². The topological polar surface area (TPSA) is 39.9 Å². The smallest absolute Gasteiger partial charge is 0.191 e. The van der Waals surface area contributed by atoms with Crippen molar-refractivity contribution >= 4 is 35.0 Å². The standard InChI is InChI=1S/C17H15Cl2N3OS/c1-22-16(12-6-7-14(18)15(19)9-12)20-21-17(22)24-10-11-4-3-5-13(8-11)23-2/h3-9H,10H2,1-2H3. The summed E-state index contributed by atoms with van der Waals surface area (Å²) in [4.78, 5) is 0. The molecule has 2 aromatic carbocycles. The third-order valence-electron chi connectivity index (χ3n) is 3.51. The molecule has 0 N–H and O–H groups in total. The lowest BCUT2D eigenvalue weighted by molar-refractivity contribution is 0.414. The average molecular weight is 380 g/mol. The van der Waals surface area contributed by atoms with E-state index >= 15 is 0 Å². The van der Waals surface area contributed by atoms with Crippen LogP contribution in [0.2, 0.25) is 10.0 Å². The van der Waals surface area contributed by atoms with Crippen molar-refractivity contribution in [1.82, 2.24) is 14.8 Å². The van der Waals surface area contributed by atoms with Gasteiger partial charge in [-0.15, -0.1) is 10.2 Å². The van der Waals surface area contributed by atoms with Crippen molar-refractivity contribution in [1.29, 1.82) is 0 Å². The summed E-state index contributed by atoms with van der Waals surface area (Å²) < 4.78 is 7.20. The molecule has 0 aliphatic heterocycles. The molecule has 0 unspecified atom stereocenters. The van der Waals surface area contributed by atoms with Crippen LogP contribution in [0.3, 0.4) is 0 Å². The van der Waals surface area contributed by atoms with Gasteiger partial charge in [0.05, 0.1) is 17.2 Å². The van der Waals surface area contributed by atoms with E-state index in [1.165, 1.54) is 5.56 Å². The van der Waals surface area contributed by atoms with Gasteiger partial charge in [0.25, 0.3) is 0 Å². The number of methoxy groups -OCH3 is 1. The van der Waals surface area contributed by atoms with Crippen LogP contribution in [0, 0.1) is 0 Å². The molecule has 0 atom stereocenters. The highest BCUT2D eigenvalue weighted by molar-refractivity contribution is 7.98. The first-order valence-corrected chi connectivity index (χ1v) is 8.93. The molecule has 1 aromatic heterocycles. The van der Waals surface area contributed by atoms with Gasteiger partial charge >= 0.3 is 0 Å². The fraction of sp³-hybridized carbons (Fsp3) is 0.176. The molecule has 3 rings (SSSR count). The van der Waals surface area contributed by atoms with Gasteiger partial charge in [0.15, 0.2) is 11.0 Å². The van der Waals surface area contributed by atoms with Crippen molar-refractivity contribution in [2.45, 2.75) is 10.9 Å². The number of benzene rings is 2. The molecule has 124 valence electrons. The van der Waals surface area contributed by atoms with Crippen molar-refractivity contribution in [3.8, 4) is 17.1 Å². The van der Waals surface area contributed by atoms with Crippen LogP contribution in [0.5, 0.6) is 5.75 Å². The summed E-state index contributed by atoms with van der Waals surface area (Å²) in [6, 6.07) is 13.4. The van der Waals surface area contributed by atoms with Gasteiger partial charge in [-0.25, -0.2) is 0 Å². The number of thioether (sulfide) groups is 1. The van der Waals surface area contributed by atoms with Crippen LogP contribution in [-0.2, 0) is 12.8 Å². The molecule has 0 saturated heterocycles. The van der Waals surface area contributed by atoms with E-state index in [2.05, 4.69) is 16.3 Å². The first kappa shape index (κ1) is 17.1. The molecule has 0 radical (unpaired) electrons. The fourth-order valence-electron chi connectivity index (χ4n) is 2.24. The van der Waals surface area contributed by atoms with E-state index in [9.17, 15) is 0 Å². The molecule has 24 heavy (non-hydrogen) atoms. The second-order valence-electron chi connectivity index (χ2n) is 5.13. The van der Waals surface area contributed by atoms with Gasteiger partial charge in [-0.05, 0) is 35.9 Å². The maximum atomic E-state index is 6.09. The zero-order valence-electron chi connectivity index (χ0n) is 13.2. The first-order valence-electron chi connectivity index (χ1n) is 7.19.